The van der Waals surface area contributed by atoms with Crippen molar-refractivity contribution in [1.29, 1.82) is 0 Å². The third-order valence-electron chi connectivity index (χ3n) is 5.91. The molecule has 3 aromatic carbocycles. The summed E-state index contributed by atoms with van der Waals surface area (Å²) in [6.07, 6.45) is 3.39. The van der Waals surface area contributed by atoms with Crippen LogP contribution < -0.4 is 20.4 Å². The van der Waals surface area contributed by atoms with Crippen LogP contribution >= 0.6 is 0 Å². The lowest BCUT2D eigenvalue weighted by Crippen LogP contribution is -2.31. The summed E-state index contributed by atoms with van der Waals surface area (Å²) in [5.41, 5.74) is 3.93. The number of hydrogen-bond acceptors (Lipinski definition) is 7. The van der Waals surface area contributed by atoms with E-state index in [-0.39, 0.29) is 0 Å². The number of rotatable bonds is 2. The van der Waals surface area contributed by atoms with Gasteiger partial charge in [0.1, 0.15) is 11.5 Å². The minimum atomic E-state index is -1.50. The lowest BCUT2D eigenvalue weighted by molar-refractivity contribution is 0.318. The zero-order valence-electron chi connectivity index (χ0n) is 17.2. The van der Waals surface area contributed by atoms with E-state index in [1.54, 1.807) is 30.5 Å². The number of hydrogen-bond donors (Lipinski definition) is 4. The second-order valence-corrected chi connectivity index (χ2v) is 7.78. The molecule has 0 saturated heterocycles. The fourth-order valence-electron chi connectivity index (χ4n) is 4.43. The summed E-state index contributed by atoms with van der Waals surface area (Å²) in [5, 5.41) is 39.9. The quantitative estimate of drug-likeness (QED) is 0.340. The van der Waals surface area contributed by atoms with Gasteiger partial charge in [-0.3, -0.25) is 4.98 Å². The van der Waals surface area contributed by atoms with Crippen LogP contribution in [0, 0.1) is 0 Å². The van der Waals surface area contributed by atoms with E-state index in [0.717, 1.165) is 46.1 Å². The third-order valence-corrected chi connectivity index (χ3v) is 5.91. The maximum Gasteiger partial charge on any atom is 0.490 e. The molecule has 32 heavy (non-hydrogen) atoms. The van der Waals surface area contributed by atoms with Crippen LogP contribution in [0.2, 0.25) is 0 Å². The summed E-state index contributed by atoms with van der Waals surface area (Å²) in [7, 11) is -2.94. The van der Waals surface area contributed by atoms with Crippen molar-refractivity contribution in [3.8, 4) is 11.5 Å². The first-order chi connectivity index (χ1) is 15.5. The van der Waals surface area contributed by atoms with E-state index in [0.29, 0.717) is 29.7 Å². The van der Waals surface area contributed by atoms with Gasteiger partial charge in [-0.15, -0.1) is 0 Å². The lowest BCUT2D eigenvalue weighted by atomic mass is 9.76. The van der Waals surface area contributed by atoms with Crippen LogP contribution in [0.25, 0.3) is 21.7 Å². The zero-order valence-corrected chi connectivity index (χ0v) is 17.2. The van der Waals surface area contributed by atoms with Gasteiger partial charge in [0.05, 0.1) is 18.7 Å². The molecule has 1 aromatic heterocycles. The first-order valence-electron chi connectivity index (χ1n) is 10.5. The molecule has 2 aliphatic heterocycles. The van der Waals surface area contributed by atoms with Crippen LogP contribution in [0.1, 0.15) is 11.1 Å². The standard InChI is InChI=1S/C12H11BO3.C11H10BNO3/c14-13(15)10-4-5-11-12-8(6-7-16-11)2-1-3-9(10)12;14-12(15)8-1-2-9-10-7(4-6-16-9)3-5-13-11(8)10/h1-5,14-15H,6-7H2;1-3,5,14-15H,4,6H2. The smallest absolute Gasteiger partial charge is 0.490 e. The molecule has 0 amide bonds. The number of ether oxygens (including phenoxy) is 2. The first kappa shape index (κ1) is 20.8. The van der Waals surface area contributed by atoms with Gasteiger partial charge >= 0.3 is 14.2 Å². The molecular weight excluding hydrogens is 408 g/mol. The largest absolute Gasteiger partial charge is 0.493 e. The van der Waals surface area contributed by atoms with Gasteiger partial charge in [-0.25, -0.2) is 0 Å². The van der Waals surface area contributed by atoms with Crippen LogP contribution in [-0.4, -0.2) is 52.5 Å². The van der Waals surface area contributed by atoms with Gasteiger partial charge in [-0.05, 0) is 40.2 Å². The van der Waals surface area contributed by atoms with E-state index in [1.165, 1.54) is 5.56 Å². The van der Waals surface area contributed by atoms with Crippen molar-refractivity contribution in [1.82, 2.24) is 4.98 Å². The minimum Gasteiger partial charge on any atom is -0.493 e. The maximum atomic E-state index is 9.31. The molecule has 3 heterocycles. The second-order valence-electron chi connectivity index (χ2n) is 7.78. The molecule has 0 fully saturated rings. The SMILES string of the molecule is OB(O)c1ccc2c3c(cccc13)CCO2.OB(O)c1ccc2c3c(ccnc13)CCO2. The molecule has 0 spiro atoms. The van der Waals surface area contributed by atoms with E-state index >= 15 is 0 Å². The summed E-state index contributed by atoms with van der Waals surface area (Å²) in [6.45, 7) is 1.35. The highest BCUT2D eigenvalue weighted by Crippen LogP contribution is 2.32. The summed E-state index contributed by atoms with van der Waals surface area (Å²) in [5.74, 6) is 1.61. The lowest BCUT2D eigenvalue weighted by Gasteiger charge is -2.19. The molecule has 0 saturated carbocycles. The predicted octanol–water partition coefficient (Wildman–Crippen LogP) is 0.304. The Morgan fingerprint density at radius 1 is 0.688 bits per heavy atom. The average molecular weight is 429 g/mol. The van der Waals surface area contributed by atoms with Crippen molar-refractivity contribution in [3.63, 3.8) is 0 Å². The molecule has 0 radical (unpaired) electrons. The highest BCUT2D eigenvalue weighted by atomic mass is 16.5. The minimum absolute atomic E-state index is 0.422. The highest BCUT2D eigenvalue weighted by Gasteiger charge is 2.22. The molecule has 160 valence electrons. The molecule has 4 N–H and O–H groups in total. The van der Waals surface area contributed by atoms with Gasteiger partial charge < -0.3 is 29.6 Å². The number of nitrogens with zero attached hydrogens (tertiary/aromatic N) is 1. The molecule has 0 unspecified atom stereocenters. The van der Waals surface area contributed by atoms with Crippen LogP contribution in [0.5, 0.6) is 11.5 Å². The molecule has 0 bridgehead atoms. The van der Waals surface area contributed by atoms with Crippen molar-refractivity contribution >= 4 is 46.8 Å². The monoisotopic (exact) mass is 429 g/mol. The maximum absolute atomic E-state index is 9.31. The summed E-state index contributed by atoms with van der Waals surface area (Å²) < 4.78 is 11.1. The Hall–Kier alpha value is -3.10. The molecular formula is C23H21B2NO6. The van der Waals surface area contributed by atoms with E-state index in [9.17, 15) is 20.1 Å². The molecule has 7 nitrogen and oxygen atoms in total. The van der Waals surface area contributed by atoms with Crippen LogP contribution in [0.4, 0.5) is 0 Å². The zero-order chi connectivity index (χ0) is 22.2. The number of benzene rings is 3. The Kier molecular flexibility index (Phi) is 5.48. The summed E-state index contributed by atoms with van der Waals surface area (Å²) >= 11 is 0. The van der Waals surface area contributed by atoms with Crippen LogP contribution in [0.15, 0.2) is 54.7 Å². The molecule has 0 atom stereocenters. The first-order valence-corrected chi connectivity index (χ1v) is 10.5. The van der Waals surface area contributed by atoms with Gasteiger partial charge in [-0.2, -0.15) is 0 Å². The van der Waals surface area contributed by atoms with Crippen LogP contribution in [-0.2, 0) is 12.8 Å². The molecule has 4 aromatic rings. The van der Waals surface area contributed by atoms with Crippen molar-refractivity contribution in [2.24, 2.45) is 0 Å². The molecule has 0 aliphatic carbocycles. The Bertz CT molecular complexity index is 1190. The molecule has 9 heteroatoms. The van der Waals surface area contributed by atoms with Crippen molar-refractivity contribution in [3.05, 3.63) is 65.9 Å². The summed E-state index contributed by atoms with van der Waals surface area (Å²) in [4.78, 5) is 4.21. The third kappa shape index (κ3) is 3.59. The van der Waals surface area contributed by atoms with Gasteiger partial charge in [0.25, 0.3) is 0 Å². The van der Waals surface area contributed by atoms with E-state index < -0.39 is 14.2 Å². The Labute approximate surface area is 185 Å². The van der Waals surface area contributed by atoms with E-state index in [4.69, 9.17) is 9.47 Å². The topological polar surface area (TPSA) is 112 Å². The van der Waals surface area contributed by atoms with Gasteiger partial charge in [-0.1, -0.05) is 30.3 Å². The van der Waals surface area contributed by atoms with E-state index in [1.807, 2.05) is 18.2 Å². The normalized spacial score (nSPS) is 13.6. The summed E-state index contributed by atoms with van der Waals surface area (Å²) in [6, 6.07) is 14.8. The van der Waals surface area contributed by atoms with Crippen LogP contribution in [0.3, 0.4) is 0 Å². The predicted molar refractivity (Wildman–Crippen MR) is 124 cm³/mol. The fraction of sp³-hybridized carbons (Fsp3) is 0.174. The number of aromatic nitrogens is 1. The van der Waals surface area contributed by atoms with Crippen molar-refractivity contribution in [2.45, 2.75) is 12.8 Å². The number of pyridine rings is 1. The highest BCUT2D eigenvalue weighted by molar-refractivity contribution is 6.62. The van der Waals surface area contributed by atoms with E-state index in [2.05, 4.69) is 11.1 Å². The Morgan fingerprint density at radius 3 is 2.00 bits per heavy atom. The molecule has 2 aliphatic rings. The fourth-order valence-corrected chi connectivity index (χ4v) is 4.43. The van der Waals surface area contributed by atoms with Crippen molar-refractivity contribution in [2.75, 3.05) is 13.2 Å². The van der Waals surface area contributed by atoms with Gasteiger partial charge in [0.15, 0.2) is 0 Å². The van der Waals surface area contributed by atoms with Gasteiger partial charge in [0, 0.05) is 35.3 Å². The second kappa shape index (κ2) is 8.44. The Balaban J connectivity index is 0.000000135. The Morgan fingerprint density at radius 2 is 1.31 bits per heavy atom. The van der Waals surface area contributed by atoms with Gasteiger partial charge in [0.2, 0.25) is 0 Å². The molecule has 6 rings (SSSR count). The average Bonchev–Trinajstić information content (AvgIpc) is 2.80. The van der Waals surface area contributed by atoms with Crippen molar-refractivity contribution < 1.29 is 29.6 Å².